The maximum absolute atomic E-state index is 12.7. The van der Waals surface area contributed by atoms with Gasteiger partial charge in [0.15, 0.2) is 22.9 Å². The Morgan fingerprint density at radius 2 is 1.03 bits per heavy atom. The number of carbonyl (C=O) groups is 2. The van der Waals surface area contributed by atoms with E-state index >= 15 is 0 Å². The van der Waals surface area contributed by atoms with Crippen LogP contribution in [0.4, 0.5) is 21.2 Å². The number of nitrogens with zero attached hydrogens (tertiary/aromatic N) is 8. The van der Waals surface area contributed by atoms with Crippen LogP contribution < -0.4 is 37.0 Å². The van der Waals surface area contributed by atoms with Gasteiger partial charge in [-0.2, -0.15) is 10.2 Å². The number of rotatable bonds is 14. The molecule has 4 aromatic carbocycles. The number of anilines is 2. The first-order chi connectivity index (χ1) is 41.0. The van der Waals surface area contributed by atoms with E-state index < -0.39 is 18.3 Å². The third kappa shape index (κ3) is 14.8. The van der Waals surface area contributed by atoms with E-state index in [1.807, 2.05) is 124 Å². The van der Waals surface area contributed by atoms with Gasteiger partial charge in [-0.25, -0.2) is 28.9 Å². The Kier molecular flexibility index (Phi) is 17.9. The van der Waals surface area contributed by atoms with E-state index in [9.17, 15) is 9.59 Å². The Hall–Kier alpha value is -7.95. The number of ether oxygens (including phenoxy) is 4. The normalized spacial score (nSPS) is 17.5. The molecule has 20 nitrogen and oxygen atoms in total. The van der Waals surface area contributed by atoms with Gasteiger partial charge < -0.3 is 60.9 Å². The molecule has 452 valence electrons. The molecule has 0 radical (unpaired) electrons. The van der Waals surface area contributed by atoms with Crippen LogP contribution in [0.5, 0.6) is 11.5 Å². The average Bonchev–Trinajstić information content (AvgIpc) is 1.84. The summed E-state index contributed by atoms with van der Waals surface area (Å²) in [6.45, 7) is 14.7. The van der Waals surface area contributed by atoms with E-state index in [4.69, 9.17) is 67.2 Å². The van der Waals surface area contributed by atoms with E-state index in [0.29, 0.717) is 61.2 Å². The molecule has 0 unspecified atom stereocenters. The zero-order valence-electron chi connectivity index (χ0n) is 50.2. The van der Waals surface area contributed by atoms with Crippen LogP contribution in [0, 0.1) is 0 Å². The van der Waals surface area contributed by atoms with Gasteiger partial charge in [-0.3, -0.25) is 0 Å². The summed E-state index contributed by atoms with van der Waals surface area (Å²) in [5.74, 6) is 3.04. The van der Waals surface area contributed by atoms with Gasteiger partial charge in [0.1, 0.15) is 22.7 Å². The highest BCUT2D eigenvalue weighted by Crippen LogP contribution is 2.44. The van der Waals surface area contributed by atoms with Crippen molar-refractivity contribution in [1.82, 2.24) is 39.3 Å². The zero-order chi connectivity index (χ0) is 61.1. The monoisotopic (exact) mass is 1190 g/mol. The molecule has 4 aromatic heterocycles. The van der Waals surface area contributed by atoms with Crippen molar-refractivity contribution in [2.75, 3.05) is 51.0 Å². The van der Waals surface area contributed by atoms with Crippen molar-refractivity contribution < 1.29 is 38.6 Å². The van der Waals surface area contributed by atoms with Gasteiger partial charge in [0.25, 0.3) is 0 Å². The number of benzene rings is 4. The molecule has 2 aliphatic heterocycles. The van der Waals surface area contributed by atoms with Crippen molar-refractivity contribution >= 4 is 70.1 Å². The first-order valence-electron chi connectivity index (χ1n) is 29.2. The number of nitrogens with one attached hydrogen (secondary N) is 2. The molecule has 2 saturated carbocycles. The summed E-state index contributed by atoms with van der Waals surface area (Å²) < 4.78 is 25.4. The van der Waals surface area contributed by atoms with Crippen LogP contribution in [0.25, 0.3) is 33.2 Å². The number of fused-ring (bicyclic) bond motifs is 2. The van der Waals surface area contributed by atoms with Crippen molar-refractivity contribution in [3.8, 4) is 22.6 Å². The maximum Gasteiger partial charge on any atom is 0.488 e. The van der Waals surface area contributed by atoms with E-state index in [-0.39, 0.29) is 35.3 Å². The van der Waals surface area contributed by atoms with Gasteiger partial charge >= 0.3 is 19.3 Å². The largest absolute Gasteiger partial charge is 0.497 e. The lowest BCUT2D eigenvalue weighted by molar-refractivity contribution is 0.0283. The third-order valence-corrected chi connectivity index (χ3v) is 16.0. The molecule has 2 aliphatic carbocycles. The Labute approximate surface area is 507 Å². The number of nitrogens with two attached hydrogens (primary N) is 2. The molecule has 12 rings (SSSR count). The van der Waals surface area contributed by atoms with Gasteiger partial charge in [-0.05, 0) is 155 Å². The molecule has 8 aromatic rings. The van der Waals surface area contributed by atoms with E-state index in [2.05, 4.69) is 39.9 Å². The number of hydrogen-bond donors (Lipinski definition) is 6. The second-order valence-corrected chi connectivity index (χ2v) is 25.2. The fourth-order valence-electron chi connectivity index (χ4n) is 10.6. The first kappa shape index (κ1) is 61.2. The Bertz CT molecular complexity index is 3650. The predicted octanol–water partition coefficient (Wildman–Crippen LogP) is 9.40. The van der Waals surface area contributed by atoms with Gasteiger partial charge in [-0.1, -0.05) is 84.4 Å². The number of halogens is 1. The minimum Gasteiger partial charge on any atom is -0.497 e. The summed E-state index contributed by atoms with van der Waals surface area (Å²) in [5.41, 5.74) is 19.6. The topological polar surface area (TPSA) is 256 Å². The summed E-state index contributed by atoms with van der Waals surface area (Å²) in [7, 11) is 1.92. The molecule has 8 N–H and O–H groups in total. The minimum atomic E-state index is -1.39. The molecule has 0 spiro atoms. The van der Waals surface area contributed by atoms with Crippen LogP contribution in [0.3, 0.4) is 0 Å². The van der Waals surface area contributed by atoms with E-state index in [1.165, 1.54) is 5.56 Å². The Balaban J connectivity index is 0.000000161. The first-order valence-corrected chi connectivity index (χ1v) is 29.6. The second-order valence-electron chi connectivity index (χ2n) is 24.8. The van der Waals surface area contributed by atoms with Crippen molar-refractivity contribution in [2.24, 2.45) is 11.5 Å². The van der Waals surface area contributed by atoms with E-state index in [0.717, 1.165) is 100 Å². The Morgan fingerprint density at radius 1 is 0.616 bits per heavy atom. The van der Waals surface area contributed by atoms with Gasteiger partial charge in [-0.15, -0.1) is 0 Å². The SMILES string of the molecule is COc1ccc(Cn2nc(N[C@@H]3CCN(C(=O)OC(C)(C)C)C3)c3c(-c4ccc(C5(N)CC5)cc4)ccnc32)cc1.COc1ccc(Cn2nc(N[C@@H]3CCN(C(=O)OC(C)(C)C)C3)c3c(Cl)ccnc32)cc1.NC1(c2ccc(B(O)O)cc2)CC1. The average molecular weight is 1190 g/mol. The van der Waals surface area contributed by atoms with Crippen LogP contribution in [-0.4, -0.2) is 132 Å². The molecule has 4 fully saturated rings. The third-order valence-electron chi connectivity index (χ3n) is 15.7. The van der Waals surface area contributed by atoms with E-state index in [1.54, 1.807) is 48.4 Å². The van der Waals surface area contributed by atoms with Gasteiger partial charge in [0.05, 0.1) is 43.1 Å². The molecule has 4 aliphatic rings. The lowest BCUT2D eigenvalue weighted by Crippen LogP contribution is -2.36. The van der Waals surface area contributed by atoms with Crippen LogP contribution in [-0.2, 0) is 33.6 Å². The molecule has 0 bridgehead atoms. The number of carbonyl (C=O) groups excluding carboxylic acids is 2. The standard InChI is InChI=1S/C32H38N6O3.C23H28ClN5O3.C9H12BNO2/c1-31(2,3)41-30(39)37-18-14-24(20-37)35-28-27-26(22-7-9-23(10-8-22)32(33)15-16-32)13-17-34-29(27)38(36-28)19-21-5-11-25(40-4)12-6-21;1-23(2,3)32-22(30)28-12-10-16(14-28)26-20-19-18(24)9-11-25-21(19)29(27-20)13-15-5-7-17(31-4)8-6-15;11-9(5-6-9)7-1-3-8(4-2-7)10(12)13/h5-13,17,24H,14-16,18-20,33H2,1-4H3,(H,35,36);5-9,11,16H,10,12-14H2,1-4H3,(H,26,27);1-4,12-13H,5-6,11H2/t24-;16-;/m11./s1. The molecular formula is C64H78BClN12O8. The summed E-state index contributed by atoms with van der Waals surface area (Å²) in [6.07, 6.45) is 8.64. The highest BCUT2D eigenvalue weighted by atomic mass is 35.5. The quantitative estimate of drug-likeness (QED) is 0.0554. The van der Waals surface area contributed by atoms with Crippen LogP contribution in [0.2, 0.25) is 5.02 Å². The Morgan fingerprint density at radius 3 is 1.45 bits per heavy atom. The number of methoxy groups -OCH3 is 2. The summed E-state index contributed by atoms with van der Waals surface area (Å²) in [5, 5.41) is 37.0. The van der Waals surface area contributed by atoms with Crippen LogP contribution in [0.1, 0.15) is 102 Å². The number of likely N-dealkylation sites (tertiary alicyclic amines) is 2. The van der Waals surface area contributed by atoms with Crippen molar-refractivity contribution in [3.05, 3.63) is 149 Å². The summed E-state index contributed by atoms with van der Waals surface area (Å²) in [4.78, 5) is 37.9. The molecule has 2 atom stereocenters. The van der Waals surface area contributed by atoms with Crippen molar-refractivity contribution in [3.63, 3.8) is 0 Å². The molecule has 2 amide bonds. The fraction of sp³-hybridized carbons (Fsp3) is 0.406. The number of hydrogen-bond acceptors (Lipinski definition) is 16. The van der Waals surface area contributed by atoms with Crippen molar-refractivity contribution in [2.45, 2.75) is 128 Å². The predicted molar refractivity (Wildman–Crippen MR) is 336 cm³/mol. The lowest BCUT2D eigenvalue weighted by atomic mass is 9.79. The number of pyridine rings is 2. The number of aromatic nitrogens is 6. The number of amides is 2. The van der Waals surface area contributed by atoms with Gasteiger partial charge in [0, 0.05) is 61.7 Å². The molecular weight excluding hydrogens is 1110 g/mol. The highest BCUT2D eigenvalue weighted by molar-refractivity contribution is 6.58. The molecule has 22 heteroatoms. The fourth-order valence-corrected chi connectivity index (χ4v) is 10.8. The molecule has 2 saturated heterocycles. The summed E-state index contributed by atoms with van der Waals surface area (Å²) >= 11 is 6.52. The minimum absolute atomic E-state index is 0.0393. The maximum atomic E-state index is 12.7. The van der Waals surface area contributed by atoms with Crippen LogP contribution in [0.15, 0.2) is 122 Å². The zero-order valence-corrected chi connectivity index (χ0v) is 51.0. The smallest absolute Gasteiger partial charge is 0.488 e. The molecule has 6 heterocycles. The van der Waals surface area contributed by atoms with Gasteiger partial charge in [0.2, 0.25) is 0 Å². The second kappa shape index (κ2) is 25.2. The summed E-state index contributed by atoms with van der Waals surface area (Å²) in [6, 6.07) is 35.4. The highest BCUT2D eigenvalue weighted by Gasteiger charge is 2.41. The lowest BCUT2D eigenvalue weighted by Gasteiger charge is -2.24. The molecule has 86 heavy (non-hydrogen) atoms. The van der Waals surface area contributed by atoms with Crippen LogP contribution >= 0.6 is 11.6 Å². The van der Waals surface area contributed by atoms with Crippen molar-refractivity contribution in [1.29, 1.82) is 0 Å².